The second-order valence-electron chi connectivity index (χ2n) is 3.90. The first-order valence-electron chi connectivity index (χ1n) is 5.72. The minimum Gasteiger partial charge on any atom is -0.461 e. The first-order chi connectivity index (χ1) is 9.02. The molecule has 0 N–H and O–H groups in total. The zero-order valence-corrected chi connectivity index (χ0v) is 12.0. The van der Waals surface area contributed by atoms with Crippen LogP contribution in [-0.4, -0.2) is 22.4 Å². The van der Waals surface area contributed by atoms with Gasteiger partial charge in [-0.25, -0.2) is 9.48 Å². The summed E-state index contributed by atoms with van der Waals surface area (Å²) in [6, 6.07) is 6.83. The summed E-state index contributed by atoms with van der Waals surface area (Å²) in [5, 5.41) is 5.12. The fraction of sp³-hybridized carbons (Fsp3) is 0.231. The maximum Gasteiger partial charge on any atom is 0.358 e. The van der Waals surface area contributed by atoms with E-state index in [1.807, 2.05) is 6.92 Å². The molecule has 0 radical (unpaired) electrons. The van der Waals surface area contributed by atoms with Gasteiger partial charge in [-0.1, -0.05) is 23.2 Å². The normalized spacial score (nSPS) is 10.5. The maximum atomic E-state index is 11.6. The second kappa shape index (κ2) is 5.63. The molecule has 0 aliphatic rings. The van der Waals surface area contributed by atoms with Crippen LogP contribution in [0.1, 0.15) is 23.1 Å². The lowest BCUT2D eigenvalue weighted by molar-refractivity contribution is 0.0519. The topological polar surface area (TPSA) is 44.1 Å². The molecule has 0 bridgehead atoms. The third kappa shape index (κ3) is 2.91. The molecule has 0 saturated carbocycles. The van der Waals surface area contributed by atoms with E-state index in [4.69, 9.17) is 27.9 Å². The molecule has 100 valence electrons. The number of esters is 1. The first kappa shape index (κ1) is 13.9. The van der Waals surface area contributed by atoms with E-state index in [0.717, 1.165) is 11.4 Å². The minimum absolute atomic E-state index is 0.269. The van der Waals surface area contributed by atoms with Crippen LogP contribution >= 0.6 is 23.2 Å². The standard InChI is InChI=1S/C13H12Cl2N2O2/c1-3-19-13(18)12-6-8(2)17(16-12)9-4-5-10(14)11(15)7-9/h4-7H,3H2,1-2H3. The fourth-order valence-corrected chi connectivity index (χ4v) is 1.95. The number of halogens is 2. The Bertz CT molecular complexity index is 623. The van der Waals surface area contributed by atoms with E-state index < -0.39 is 5.97 Å². The second-order valence-corrected chi connectivity index (χ2v) is 4.72. The van der Waals surface area contributed by atoms with Crippen molar-refractivity contribution < 1.29 is 9.53 Å². The molecule has 0 spiro atoms. The highest BCUT2D eigenvalue weighted by molar-refractivity contribution is 6.42. The average Bonchev–Trinajstić information content (AvgIpc) is 2.75. The molecule has 6 heteroatoms. The van der Waals surface area contributed by atoms with Gasteiger partial charge in [0.2, 0.25) is 0 Å². The smallest absolute Gasteiger partial charge is 0.358 e. The van der Waals surface area contributed by atoms with E-state index in [1.54, 1.807) is 35.9 Å². The largest absolute Gasteiger partial charge is 0.461 e. The van der Waals surface area contributed by atoms with Gasteiger partial charge in [-0.05, 0) is 38.1 Å². The van der Waals surface area contributed by atoms with Crippen molar-refractivity contribution in [2.45, 2.75) is 13.8 Å². The molecule has 0 atom stereocenters. The van der Waals surface area contributed by atoms with E-state index in [0.29, 0.717) is 16.7 Å². The molecule has 0 amide bonds. The number of rotatable bonds is 3. The van der Waals surface area contributed by atoms with Gasteiger partial charge in [0.1, 0.15) is 0 Å². The molecular weight excluding hydrogens is 287 g/mol. The highest BCUT2D eigenvalue weighted by atomic mass is 35.5. The lowest BCUT2D eigenvalue weighted by Gasteiger charge is -2.05. The van der Waals surface area contributed by atoms with Gasteiger partial charge in [0.05, 0.1) is 22.3 Å². The Hall–Kier alpha value is -1.52. The summed E-state index contributed by atoms with van der Waals surface area (Å²) in [6.07, 6.45) is 0. The van der Waals surface area contributed by atoms with Crippen molar-refractivity contribution in [3.63, 3.8) is 0 Å². The van der Waals surface area contributed by atoms with Crippen molar-refractivity contribution in [2.24, 2.45) is 0 Å². The maximum absolute atomic E-state index is 11.6. The molecule has 0 aliphatic heterocycles. The van der Waals surface area contributed by atoms with Crippen molar-refractivity contribution in [1.82, 2.24) is 9.78 Å². The lowest BCUT2D eigenvalue weighted by Crippen LogP contribution is -2.06. The van der Waals surface area contributed by atoms with Gasteiger partial charge in [0.15, 0.2) is 5.69 Å². The van der Waals surface area contributed by atoms with Crippen molar-refractivity contribution in [3.05, 3.63) is 45.7 Å². The number of aromatic nitrogens is 2. The number of hydrogen-bond acceptors (Lipinski definition) is 3. The molecule has 4 nitrogen and oxygen atoms in total. The highest BCUT2D eigenvalue weighted by Crippen LogP contribution is 2.25. The summed E-state index contributed by atoms with van der Waals surface area (Å²) < 4.78 is 6.53. The quantitative estimate of drug-likeness (QED) is 0.812. The molecule has 2 rings (SSSR count). The fourth-order valence-electron chi connectivity index (χ4n) is 1.66. The number of aryl methyl sites for hydroxylation is 1. The zero-order valence-electron chi connectivity index (χ0n) is 10.5. The average molecular weight is 299 g/mol. The van der Waals surface area contributed by atoms with Gasteiger partial charge in [0, 0.05) is 5.69 Å². The van der Waals surface area contributed by atoms with Gasteiger partial charge in [-0.15, -0.1) is 0 Å². The van der Waals surface area contributed by atoms with Gasteiger partial charge < -0.3 is 4.74 Å². The predicted molar refractivity (Wildman–Crippen MR) is 74.3 cm³/mol. The molecule has 0 unspecified atom stereocenters. The van der Waals surface area contributed by atoms with Crippen LogP contribution in [-0.2, 0) is 4.74 Å². The summed E-state index contributed by atoms with van der Waals surface area (Å²) in [4.78, 5) is 11.6. The molecule has 19 heavy (non-hydrogen) atoms. The molecule has 1 aromatic heterocycles. The monoisotopic (exact) mass is 298 g/mol. The zero-order chi connectivity index (χ0) is 14.0. The Morgan fingerprint density at radius 3 is 2.68 bits per heavy atom. The molecule has 0 aliphatic carbocycles. The molecule has 0 fully saturated rings. The van der Waals surface area contributed by atoms with Crippen molar-refractivity contribution in [3.8, 4) is 5.69 Å². The van der Waals surface area contributed by atoms with E-state index in [1.165, 1.54) is 0 Å². The van der Waals surface area contributed by atoms with Crippen LogP contribution in [0.3, 0.4) is 0 Å². The van der Waals surface area contributed by atoms with E-state index >= 15 is 0 Å². The van der Waals surface area contributed by atoms with Gasteiger partial charge in [-0.2, -0.15) is 5.10 Å². The lowest BCUT2D eigenvalue weighted by atomic mass is 10.3. The van der Waals surface area contributed by atoms with E-state index in [9.17, 15) is 4.79 Å². The van der Waals surface area contributed by atoms with Crippen LogP contribution in [0.2, 0.25) is 10.0 Å². The number of carbonyl (C=O) groups is 1. The number of nitrogens with zero attached hydrogens (tertiary/aromatic N) is 2. The molecule has 1 aromatic carbocycles. The SMILES string of the molecule is CCOC(=O)c1cc(C)n(-c2ccc(Cl)c(Cl)c2)n1. The van der Waals surface area contributed by atoms with Crippen LogP contribution in [0.5, 0.6) is 0 Å². The molecule has 0 saturated heterocycles. The van der Waals surface area contributed by atoms with Crippen LogP contribution in [0.25, 0.3) is 5.69 Å². The van der Waals surface area contributed by atoms with E-state index in [2.05, 4.69) is 5.10 Å². The minimum atomic E-state index is -0.440. The number of carbonyl (C=O) groups excluding carboxylic acids is 1. The Morgan fingerprint density at radius 1 is 1.32 bits per heavy atom. The number of hydrogen-bond donors (Lipinski definition) is 0. The van der Waals surface area contributed by atoms with Crippen LogP contribution in [0.15, 0.2) is 24.3 Å². The summed E-state index contributed by atoms with van der Waals surface area (Å²) in [6.45, 7) is 3.91. The Morgan fingerprint density at radius 2 is 2.05 bits per heavy atom. The summed E-state index contributed by atoms with van der Waals surface area (Å²) in [5.41, 5.74) is 1.81. The van der Waals surface area contributed by atoms with Crippen LogP contribution in [0.4, 0.5) is 0 Å². The summed E-state index contributed by atoms with van der Waals surface area (Å²) >= 11 is 11.8. The Kier molecular flexibility index (Phi) is 4.12. The van der Waals surface area contributed by atoms with Gasteiger partial charge in [0.25, 0.3) is 0 Å². The van der Waals surface area contributed by atoms with E-state index in [-0.39, 0.29) is 5.69 Å². The third-order valence-electron chi connectivity index (χ3n) is 2.52. The van der Waals surface area contributed by atoms with Crippen molar-refractivity contribution in [1.29, 1.82) is 0 Å². The number of benzene rings is 1. The molecular formula is C13H12Cl2N2O2. The Balaban J connectivity index is 2.40. The van der Waals surface area contributed by atoms with Crippen LogP contribution < -0.4 is 0 Å². The Labute approximate surface area is 120 Å². The van der Waals surface area contributed by atoms with Gasteiger partial charge >= 0.3 is 5.97 Å². The first-order valence-corrected chi connectivity index (χ1v) is 6.47. The highest BCUT2D eigenvalue weighted by Gasteiger charge is 2.14. The summed E-state index contributed by atoms with van der Waals surface area (Å²) in [5.74, 6) is -0.440. The van der Waals surface area contributed by atoms with Gasteiger partial charge in [-0.3, -0.25) is 0 Å². The number of ether oxygens (including phenoxy) is 1. The predicted octanol–water partition coefficient (Wildman–Crippen LogP) is 3.66. The van der Waals surface area contributed by atoms with Crippen molar-refractivity contribution in [2.75, 3.05) is 6.61 Å². The molecule has 1 heterocycles. The summed E-state index contributed by atoms with van der Waals surface area (Å²) in [7, 11) is 0. The van der Waals surface area contributed by atoms with Crippen LogP contribution in [0, 0.1) is 6.92 Å². The third-order valence-corrected chi connectivity index (χ3v) is 3.26. The molecule has 2 aromatic rings. The van der Waals surface area contributed by atoms with Crippen molar-refractivity contribution >= 4 is 29.2 Å².